The second-order valence-corrected chi connectivity index (χ2v) is 5.14. The first-order valence-electron chi connectivity index (χ1n) is 5.38. The fourth-order valence-corrected chi connectivity index (χ4v) is 2.19. The summed E-state index contributed by atoms with van der Waals surface area (Å²) in [6.07, 6.45) is 6.26. The Bertz CT molecular complexity index is 268. The summed E-state index contributed by atoms with van der Waals surface area (Å²) in [5.41, 5.74) is 0.549. The summed E-state index contributed by atoms with van der Waals surface area (Å²) in [5.74, 6) is 1.63. The molecular weight excluding hydrogens is 176 g/mol. The molecule has 14 heavy (non-hydrogen) atoms. The zero-order valence-corrected chi connectivity index (χ0v) is 8.95. The minimum absolute atomic E-state index is 0.549. The standard InChI is InChI=1S/C10H18N4/c1-10(2)5-3-8(4-6-10)7-9-11-13-14-12-9/h8H,3-7H2,1-2H3,(H,11,12,13,14). The Morgan fingerprint density at radius 3 is 2.64 bits per heavy atom. The van der Waals surface area contributed by atoms with Crippen molar-refractivity contribution in [3.63, 3.8) is 0 Å². The zero-order valence-electron chi connectivity index (χ0n) is 8.95. The highest BCUT2D eigenvalue weighted by Gasteiger charge is 2.27. The van der Waals surface area contributed by atoms with Crippen LogP contribution < -0.4 is 0 Å². The largest absolute Gasteiger partial charge is 0.177 e. The van der Waals surface area contributed by atoms with Crippen LogP contribution in [0.1, 0.15) is 45.4 Å². The number of hydrogen-bond acceptors (Lipinski definition) is 3. The van der Waals surface area contributed by atoms with Crippen molar-refractivity contribution in [2.75, 3.05) is 0 Å². The van der Waals surface area contributed by atoms with Gasteiger partial charge in [0.2, 0.25) is 0 Å². The van der Waals surface area contributed by atoms with Gasteiger partial charge in [-0.05, 0) is 37.0 Å². The number of aromatic amines is 1. The Morgan fingerprint density at radius 2 is 2.07 bits per heavy atom. The lowest BCUT2D eigenvalue weighted by Crippen LogP contribution is -2.22. The SMILES string of the molecule is CC1(C)CCC(Cc2nn[nH]n2)CC1. The molecular formula is C10H18N4. The summed E-state index contributed by atoms with van der Waals surface area (Å²) in [6.45, 7) is 4.72. The molecule has 0 radical (unpaired) electrons. The molecule has 2 rings (SSSR count). The van der Waals surface area contributed by atoms with Crippen molar-refractivity contribution in [3.8, 4) is 0 Å². The van der Waals surface area contributed by atoms with Crippen molar-refractivity contribution in [1.29, 1.82) is 0 Å². The number of nitrogens with one attached hydrogen (secondary N) is 1. The molecule has 0 aliphatic heterocycles. The third-order valence-corrected chi connectivity index (χ3v) is 3.32. The van der Waals surface area contributed by atoms with Crippen LogP contribution in [0.5, 0.6) is 0 Å². The average Bonchev–Trinajstić information content (AvgIpc) is 2.61. The Labute approximate surface area is 84.5 Å². The number of tetrazole rings is 1. The maximum absolute atomic E-state index is 4.00. The van der Waals surface area contributed by atoms with Crippen molar-refractivity contribution in [2.24, 2.45) is 11.3 Å². The van der Waals surface area contributed by atoms with Crippen LogP contribution in [-0.4, -0.2) is 20.6 Å². The lowest BCUT2D eigenvalue weighted by atomic mass is 9.72. The van der Waals surface area contributed by atoms with Gasteiger partial charge < -0.3 is 0 Å². The fourth-order valence-electron chi connectivity index (χ4n) is 2.19. The van der Waals surface area contributed by atoms with Crippen LogP contribution in [-0.2, 0) is 6.42 Å². The molecule has 0 unspecified atom stereocenters. The maximum atomic E-state index is 4.00. The maximum Gasteiger partial charge on any atom is 0.174 e. The third kappa shape index (κ3) is 2.30. The van der Waals surface area contributed by atoms with Crippen LogP contribution in [0.25, 0.3) is 0 Å². The van der Waals surface area contributed by atoms with E-state index in [4.69, 9.17) is 0 Å². The second kappa shape index (κ2) is 3.67. The second-order valence-electron chi connectivity index (χ2n) is 5.14. The van der Waals surface area contributed by atoms with Gasteiger partial charge in [0.05, 0.1) is 0 Å². The molecule has 0 aromatic carbocycles. The minimum Gasteiger partial charge on any atom is -0.177 e. The molecule has 78 valence electrons. The molecule has 4 heteroatoms. The van der Waals surface area contributed by atoms with Gasteiger partial charge in [0.15, 0.2) is 5.82 Å². The number of rotatable bonds is 2. The topological polar surface area (TPSA) is 54.5 Å². The Hall–Kier alpha value is -0.930. The van der Waals surface area contributed by atoms with Gasteiger partial charge in [-0.1, -0.05) is 19.1 Å². The van der Waals surface area contributed by atoms with Gasteiger partial charge in [-0.2, -0.15) is 5.21 Å². The quantitative estimate of drug-likeness (QED) is 0.783. The summed E-state index contributed by atoms with van der Waals surface area (Å²) in [5, 5.41) is 14.1. The highest BCUT2D eigenvalue weighted by atomic mass is 15.5. The normalized spacial score (nSPS) is 22.4. The first-order chi connectivity index (χ1) is 6.66. The predicted octanol–water partition coefficient (Wildman–Crippen LogP) is 1.96. The van der Waals surface area contributed by atoms with Crippen molar-refractivity contribution in [3.05, 3.63) is 5.82 Å². The Kier molecular flexibility index (Phi) is 2.52. The molecule has 1 N–H and O–H groups in total. The van der Waals surface area contributed by atoms with E-state index in [1.54, 1.807) is 0 Å². The molecule has 1 saturated carbocycles. The summed E-state index contributed by atoms with van der Waals surface area (Å²) in [7, 11) is 0. The van der Waals surface area contributed by atoms with E-state index in [0.717, 1.165) is 18.2 Å². The summed E-state index contributed by atoms with van der Waals surface area (Å²) in [4.78, 5) is 0. The fraction of sp³-hybridized carbons (Fsp3) is 0.900. The molecule has 0 spiro atoms. The molecule has 1 aromatic heterocycles. The van der Waals surface area contributed by atoms with Crippen LogP contribution in [0.2, 0.25) is 0 Å². The van der Waals surface area contributed by atoms with Crippen LogP contribution in [0.15, 0.2) is 0 Å². The van der Waals surface area contributed by atoms with Gasteiger partial charge >= 0.3 is 0 Å². The third-order valence-electron chi connectivity index (χ3n) is 3.32. The van der Waals surface area contributed by atoms with Gasteiger partial charge in [0.25, 0.3) is 0 Å². The van der Waals surface area contributed by atoms with E-state index in [1.807, 2.05) is 0 Å². The van der Waals surface area contributed by atoms with Gasteiger partial charge in [-0.25, -0.2) is 0 Å². The van der Waals surface area contributed by atoms with E-state index in [9.17, 15) is 0 Å². The van der Waals surface area contributed by atoms with Gasteiger partial charge in [-0.15, -0.1) is 10.2 Å². The molecule has 0 atom stereocenters. The first-order valence-corrected chi connectivity index (χ1v) is 5.38. The molecule has 1 aliphatic carbocycles. The van der Waals surface area contributed by atoms with Crippen LogP contribution >= 0.6 is 0 Å². The number of hydrogen-bond donors (Lipinski definition) is 1. The van der Waals surface area contributed by atoms with E-state index in [-0.39, 0.29) is 0 Å². The van der Waals surface area contributed by atoms with Crippen molar-refractivity contribution < 1.29 is 0 Å². The minimum atomic E-state index is 0.549. The van der Waals surface area contributed by atoms with Crippen molar-refractivity contribution >= 4 is 0 Å². The zero-order chi connectivity index (χ0) is 10.0. The molecule has 1 heterocycles. The predicted molar refractivity (Wildman–Crippen MR) is 53.6 cm³/mol. The molecule has 0 bridgehead atoms. The van der Waals surface area contributed by atoms with Gasteiger partial charge in [0.1, 0.15) is 0 Å². The lowest BCUT2D eigenvalue weighted by molar-refractivity contribution is 0.189. The number of aromatic nitrogens is 4. The van der Waals surface area contributed by atoms with E-state index in [2.05, 4.69) is 34.5 Å². The van der Waals surface area contributed by atoms with E-state index in [0.29, 0.717) is 5.41 Å². The molecule has 0 saturated heterocycles. The molecule has 0 amide bonds. The molecule has 1 aliphatic rings. The molecule has 1 aromatic rings. The number of nitrogens with zero attached hydrogens (tertiary/aromatic N) is 3. The first kappa shape index (κ1) is 9.62. The van der Waals surface area contributed by atoms with Crippen molar-refractivity contribution in [2.45, 2.75) is 46.0 Å². The molecule has 1 fully saturated rings. The highest BCUT2D eigenvalue weighted by Crippen LogP contribution is 2.38. The Balaban J connectivity index is 1.85. The average molecular weight is 194 g/mol. The van der Waals surface area contributed by atoms with Crippen LogP contribution in [0, 0.1) is 11.3 Å². The van der Waals surface area contributed by atoms with E-state index in [1.165, 1.54) is 25.7 Å². The van der Waals surface area contributed by atoms with Crippen molar-refractivity contribution in [1.82, 2.24) is 20.6 Å². The van der Waals surface area contributed by atoms with Crippen LogP contribution in [0.3, 0.4) is 0 Å². The van der Waals surface area contributed by atoms with Gasteiger partial charge in [-0.3, -0.25) is 0 Å². The number of H-pyrrole nitrogens is 1. The van der Waals surface area contributed by atoms with Crippen LogP contribution in [0.4, 0.5) is 0 Å². The van der Waals surface area contributed by atoms with E-state index < -0.39 is 0 Å². The summed E-state index contributed by atoms with van der Waals surface area (Å²) in [6, 6.07) is 0. The molecule has 4 nitrogen and oxygen atoms in total. The highest BCUT2D eigenvalue weighted by molar-refractivity contribution is 4.85. The van der Waals surface area contributed by atoms with E-state index >= 15 is 0 Å². The summed E-state index contributed by atoms with van der Waals surface area (Å²) >= 11 is 0. The van der Waals surface area contributed by atoms with Gasteiger partial charge in [0, 0.05) is 6.42 Å². The Morgan fingerprint density at radius 1 is 1.36 bits per heavy atom. The lowest BCUT2D eigenvalue weighted by Gasteiger charge is -2.33. The monoisotopic (exact) mass is 194 g/mol. The summed E-state index contributed by atoms with van der Waals surface area (Å²) < 4.78 is 0. The smallest absolute Gasteiger partial charge is 0.174 e.